The van der Waals surface area contributed by atoms with E-state index in [0.29, 0.717) is 4.99 Å². The van der Waals surface area contributed by atoms with Gasteiger partial charge in [0.2, 0.25) is 0 Å². The Morgan fingerprint density at radius 1 is 1.41 bits per heavy atom. The first-order chi connectivity index (χ1) is 8.16. The maximum atomic E-state index is 5.56. The van der Waals surface area contributed by atoms with Crippen LogP contribution in [-0.2, 0) is 0 Å². The van der Waals surface area contributed by atoms with Gasteiger partial charge < -0.3 is 10.6 Å². The maximum Gasteiger partial charge on any atom is 0.0870 e. The number of pyridine rings is 1. The number of aryl methyl sites for hydroxylation is 1. The molecule has 0 spiro atoms. The van der Waals surface area contributed by atoms with E-state index in [0.717, 1.165) is 32.7 Å². The minimum absolute atomic E-state index is 0.582. The Labute approximate surface area is 107 Å². The Bertz CT molecular complexity index is 399. The van der Waals surface area contributed by atoms with Crippen LogP contribution in [0, 0.1) is 6.92 Å². The molecule has 1 saturated heterocycles. The Morgan fingerprint density at radius 2 is 2.12 bits per heavy atom. The van der Waals surface area contributed by atoms with E-state index >= 15 is 0 Å². The molecule has 0 bridgehead atoms. The summed E-state index contributed by atoms with van der Waals surface area (Å²) in [6, 6.07) is 2.08. The molecule has 1 aromatic heterocycles. The van der Waals surface area contributed by atoms with E-state index in [1.54, 1.807) is 0 Å². The lowest BCUT2D eigenvalue weighted by Crippen LogP contribution is -2.48. The lowest BCUT2D eigenvalue weighted by molar-refractivity contribution is 0.292. The van der Waals surface area contributed by atoms with Crippen molar-refractivity contribution in [3.8, 4) is 0 Å². The van der Waals surface area contributed by atoms with Crippen molar-refractivity contribution >= 4 is 22.9 Å². The standard InChI is InChI=1S/C12H18N4S/c1-10-8-14-3-2-11(10)16-6-4-15(5-7-16)9-12(13)17/h2-3,8H,4-7,9H2,1H3,(H2,13,17). The van der Waals surface area contributed by atoms with Crippen LogP contribution in [0.25, 0.3) is 0 Å². The molecule has 0 atom stereocenters. The number of piperazine rings is 1. The number of thiocarbonyl (C=S) groups is 1. The zero-order chi connectivity index (χ0) is 12.3. The maximum absolute atomic E-state index is 5.56. The molecule has 1 aromatic rings. The smallest absolute Gasteiger partial charge is 0.0870 e. The van der Waals surface area contributed by atoms with E-state index in [2.05, 4.69) is 27.8 Å². The molecule has 17 heavy (non-hydrogen) atoms. The number of nitrogens with two attached hydrogens (primary N) is 1. The molecule has 5 heteroatoms. The van der Waals surface area contributed by atoms with Gasteiger partial charge in [-0.3, -0.25) is 9.88 Å². The Morgan fingerprint density at radius 3 is 2.71 bits per heavy atom. The Hall–Kier alpha value is -1.20. The van der Waals surface area contributed by atoms with Crippen LogP contribution in [0.4, 0.5) is 5.69 Å². The fraction of sp³-hybridized carbons (Fsp3) is 0.500. The molecule has 92 valence electrons. The summed E-state index contributed by atoms with van der Waals surface area (Å²) in [4.78, 5) is 9.40. The number of hydrogen-bond donors (Lipinski definition) is 1. The van der Waals surface area contributed by atoms with Gasteiger partial charge in [-0.2, -0.15) is 0 Å². The molecule has 2 N–H and O–H groups in total. The highest BCUT2D eigenvalue weighted by atomic mass is 32.1. The summed E-state index contributed by atoms with van der Waals surface area (Å²) >= 11 is 4.93. The monoisotopic (exact) mass is 250 g/mol. The summed E-state index contributed by atoms with van der Waals surface area (Å²) in [6.45, 7) is 6.90. The molecule has 2 rings (SSSR count). The van der Waals surface area contributed by atoms with E-state index in [1.807, 2.05) is 12.4 Å². The average Bonchev–Trinajstić information content (AvgIpc) is 2.30. The summed E-state index contributed by atoms with van der Waals surface area (Å²) in [7, 11) is 0. The van der Waals surface area contributed by atoms with E-state index in [4.69, 9.17) is 18.0 Å². The van der Waals surface area contributed by atoms with Gasteiger partial charge in [-0.25, -0.2) is 0 Å². The molecule has 2 heterocycles. The van der Waals surface area contributed by atoms with Gasteiger partial charge in [0.05, 0.1) is 4.99 Å². The largest absolute Gasteiger partial charge is 0.392 e. The van der Waals surface area contributed by atoms with E-state index in [9.17, 15) is 0 Å². The summed E-state index contributed by atoms with van der Waals surface area (Å²) in [5, 5.41) is 0. The molecule has 4 nitrogen and oxygen atoms in total. The van der Waals surface area contributed by atoms with Crippen molar-refractivity contribution in [3.05, 3.63) is 24.0 Å². The molecule has 1 fully saturated rings. The van der Waals surface area contributed by atoms with Gasteiger partial charge >= 0.3 is 0 Å². The van der Waals surface area contributed by atoms with Crippen molar-refractivity contribution in [2.75, 3.05) is 37.6 Å². The van der Waals surface area contributed by atoms with Crippen molar-refractivity contribution in [2.24, 2.45) is 5.73 Å². The van der Waals surface area contributed by atoms with Gasteiger partial charge in [-0.1, -0.05) is 12.2 Å². The first kappa shape index (κ1) is 12.3. The molecule has 0 amide bonds. The number of aromatic nitrogens is 1. The number of anilines is 1. The predicted octanol–water partition coefficient (Wildman–Crippen LogP) is 0.798. The van der Waals surface area contributed by atoms with Crippen LogP contribution in [0.1, 0.15) is 5.56 Å². The van der Waals surface area contributed by atoms with E-state index in [-0.39, 0.29) is 0 Å². The van der Waals surface area contributed by atoms with Crippen LogP contribution in [0.5, 0.6) is 0 Å². The highest BCUT2D eigenvalue weighted by Gasteiger charge is 2.18. The van der Waals surface area contributed by atoms with Gasteiger partial charge in [-0.15, -0.1) is 0 Å². The number of nitrogens with zero attached hydrogens (tertiary/aromatic N) is 3. The van der Waals surface area contributed by atoms with Crippen molar-refractivity contribution in [1.29, 1.82) is 0 Å². The highest BCUT2D eigenvalue weighted by molar-refractivity contribution is 7.80. The summed E-state index contributed by atoms with van der Waals surface area (Å²) < 4.78 is 0. The van der Waals surface area contributed by atoms with Crippen LogP contribution in [0.15, 0.2) is 18.5 Å². The number of rotatable bonds is 3. The molecular formula is C12H18N4S. The van der Waals surface area contributed by atoms with Crippen LogP contribution in [-0.4, -0.2) is 47.6 Å². The van der Waals surface area contributed by atoms with Crippen molar-refractivity contribution in [3.63, 3.8) is 0 Å². The van der Waals surface area contributed by atoms with Gasteiger partial charge in [0.15, 0.2) is 0 Å². The zero-order valence-electron chi connectivity index (χ0n) is 10.1. The molecule has 1 aliphatic rings. The average molecular weight is 250 g/mol. The minimum atomic E-state index is 0.582. The van der Waals surface area contributed by atoms with Crippen molar-refractivity contribution in [2.45, 2.75) is 6.92 Å². The third-order valence-corrected chi connectivity index (χ3v) is 3.21. The third-order valence-electron chi connectivity index (χ3n) is 3.08. The molecule has 0 radical (unpaired) electrons. The topological polar surface area (TPSA) is 45.4 Å². The van der Waals surface area contributed by atoms with Gasteiger partial charge in [-0.05, 0) is 18.6 Å². The van der Waals surface area contributed by atoms with Crippen LogP contribution >= 0.6 is 12.2 Å². The second-order valence-electron chi connectivity index (χ2n) is 4.39. The predicted molar refractivity (Wildman–Crippen MR) is 74.4 cm³/mol. The quantitative estimate of drug-likeness (QED) is 0.804. The molecule has 0 saturated carbocycles. The fourth-order valence-electron chi connectivity index (χ4n) is 2.19. The normalized spacial score (nSPS) is 17.1. The van der Waals surface area contributed by atoms with Crippen molar-refractivity contribution < 1.29 is 0 Å². The Kier molecular flexibility index (Phi) is 3.91. The summed E-state index contributed by atoms with van der Waals surface area (Å²) in [5.74, 6) is 0. The van der Waals surface area contributed by atoms with Gasteiger partial charge in [0, 0.05) is 50.8 Å². The third kappa shape index (κ3) is 3.14. The number of hydrogen-bond acceptors (Lipinski definition) is 4. The van der Waals surface area contributed by atoms with E-state index < -0.39 is 0 Å². The second kappa shape index (κ2) is 5.42. The second-order valence-corrected chi connectivity index (χ2v) is 4.92. The highest BCUT2D eigenvalue weighted by Crippen LogP contribution is 2.19. The molecule has 0 aliphatic carbocycles. The molecule has 1 aliphatic heterocycles. The fourth-order valence-corrected chi connectivity index (χ4v) is 2.37. The van der Waals surface area contributed by atoms with Gasteiger partial charge in [0.1, 0.15) is 0 Å². The van der Waals surface area contributed by atoms with Gasteiger partial charge in [0.25, 0.3) is 0 Å². The van der Waals surface area contributed by atoms with Crippen molar-refractivity contribution in [1.82, 2.24) is 9.88 Å². The SMILES string of the molecule is Cc1cnccc1N1CCN(CC(N)=S)CC1. The molecular weight excluding hydrogens is 232 g/mol. The lowest BCUT2D eigenvalue weighted by atomic mass is 10.2. The van der Waals surface area contributed by atoms with Crippen LogP contribution < -0.4 is 10.6 Å². The minimum Gasteiger partial charge on any atom is -0.392 e. The summed E-state index contributed by atoms with van der Waals surface area (Å²) in [5.41, 5.74) is 8.08. The lowest BCUT2D eigenvalue weighted by Gasteiger charge is -2.36. The molecule has 0 unspecified atom stereocenters. The first-order valence-corrected chi connectivity index (χ1v) is 6.24. The van der Waals surface area contributed by atoms with Crippen LogP contribution in [0.2, 0.25) is 0 Å². The zero-order valence-corrected chi connectivity index (χ0v) is 10.9. The van der Waals surface area contributed by atoms with E-state index in [1.165, 1.54) is 11.3 Å². The first-order valence-electron chi connectivity index (χ1n) is 5.83. The Balaban J connectivity index is 1.95. The summed E-state index contributed by atoms with van der Waals surface area (Å²) in [6.07, 6.45) is 3.76. The van der Waals surface area contributed by atoms with Crippen LogP contribution in [0.3, 0.4) is 0 Å². The molecule has 0 aromatic carbocycles.